The van der Waals surface area contributed by atoms with E-state index in [1.54, 1.807) is 96.9 Å². The van der Waals surface area contributed by atoms with Gasteiger partial charge in [-0.15, -0.1) is 0 Å². The first-order chi connectivity index (χ1) is 28.3. The highest BCUT2D eigenvalue weighted by Crippen LogP contribution is 2.36. The average molecular weight is 891 g/mol. The van der Waals surface area contributed by atoms with Gasteiger partial charge in [-0.2, -0.15) is 0 Å². The summed E-state index contributed by atoms with van der Waals surface area (Å²) >= 11 is 0. The Bertz CT molecular complexity index is 1520. The fourth-order valence-electron chi connectivity index (χ4n) is 7.28. The number of aliphatic hydroxyl groups excluding tert-OH is 2. The number of esters is 1. The van der Waals surface area contributed by atoms with Crippen LogP contribution in [0.4, 0.5) is 19.2 Å². The maximum Gasteiger partial charge on any atom is 0.408 e. The van der Waals surface area contributed by atoms with Crippen LogP contribution in [0.15, 0.2) is 0 Å². The van der Waals surface area contributed by atoms with E-state index in [2.05, 4.69) is 21.3 Å². The Hall–Kier alpha value is -3.69. The first-order valence-corrected chi connectivity index (χ1v) is 21.4. The van der Waals surface area contributed by atoms with Crippen molar-refractivity contribution in [2.24, 2.45) is 5.92 Å². The van der Waals surface area contributed by atoms with Gasteiger partial charge >= 0.3 is 30.3 Å². The Morgan fingerprint density at radius 1 is 0.613 bits per heavy atom. The Balaban J connectivity index is 2.02. The smallest absolute Gasteiger partial charge is 0.408 e. The molecule has 20 nitrogen and oxygen atoms in total. The number of carbonyl (C=O) groups excluding carboxylic acids is 5. The summed E-state index contributed by atoms with van der Waals surface area (Å²) in [4.78, 5) is 64.5. The van der Waals surface area contributed by atoms with E-state index in [1.165, 1.54) is 0 Å². The second kappa shape index (κ2) is 21.3. The molecule has 0 spiro atoms. The zero-order valence-corrected chi connectivity index (χ0v) is 39.2. The molecule has 2 aliphatic heterocycles. The molecule has 0 aromatic heterocycles. The first-order valence-electron chi connectivity index (χ1n) is 21.4. The van der Waals surface area contributed by atoms with Crippen molar-refractivity contribution in [3.63, 3.8) is 0 Å². The van der Waals surface area contributed by atoms with Crippen LogP contribution in [-0.2, 0) is 47.4 Å². The zero-order chi connectivity index (χ0) is 47.1. The number of amides is 4. The van der Waals surface area contributed by atoms with E-state index < -0.39 is 132 Å². The first kappa shape index (κ1) is 52.7. The number of ether oxygens (including phenoxy) is 9. The van der Waals surface area contributed by atoms with Crippen molar-refractivity contribution >= 4 is 30.3 Å². The number of hydrogen-bond donors (Lipinski definition) is 6. The summed E-state index contributed by atoms with van der Waals surface area (Å²) in [5.74, 6) is -1.32. The quantitative estimate of drug-likeness (QED) is 0.125. The third-order valence-electron chi connectivity index (χ3n) is 9.64. The minimum atomic E-state index is -1.57. The molecule has 358 valence electrons. The fraction of sp³-hybridized carbons (Fsp3) is 0.881. The van der Waals surface area contributed by atoms with E-state index in [0.717, 1.165) is 6.92 Å². The van der Waals surface area contributed by atoms with Gasteiger partial charge in [0.05, 0.1) is 30.4 Å². The highest BCUT2D eigenvalue weighted by molar-refractivity contribution is 5.70. The lowest BCUT2D eigenvalue weighted by Crippen LogP contribution is -2.68. The average Bonchev–Trinajstić information content (AvgIpc) is 3.07. The van der Waals surface area contributed by atoms with Gasteiger partial charge in [-0.05, 0) is 115 Å². The van der Waals surface area contributed by atoms with Gasteiger partial charge in [0, 0.05) is 13.5 Å². The number of carbonyl (C=O) groups is 5. The van der Waals surface area contributed by atoms with Crippen LogP contribution in [0, 0.1) is 5.92 Å². The molecule has 3 rings (SSSR count). The summed E-state index contributed by atoms with van der Waals surface area (Å²) in [5.41, 5.74) is -3.35. The van der Waals surface area contributed by atoms with Gasteiger partial charge < -0.3 is 74.1 Å². The molecule has 2 heterocycles. The molecule has 1 aliphatic carbocycles. The van der Waals surface area contributed by atoms with Gasteiger partial charge in [0.2, 0.25) is 0 Å². The fourth-order valence-corrected chi connectivity index (χ4v) is 7.28. The van der Waals surface area contributed by atoms with Crippen molar-refractivity contribution in [1.82, 2.24) is 21.3 Å². The molecule has 0 bridgehead atoms. The molecule has 0 aromatic rings. The van der Waals surface area contributed by atoms with E-state index in [0.29, 0.717) is 12.8 Å². The van der Waals surface area contributed by atoms with E-state index in [9.17, 15) is 34.2 Å². The van der Waals surface area contributed by atoms with E-state index in [-0.39, 0.29) is 19.4 Å². The molecule has 6 unspecified atom stereocenters. The Morgan fingerprint density at radius 3 is 1.60 bits per heavy atom. The molecule has 0 aromatic carbocycles. The number of nitrogens with one attached hydrogen (secondary N) is 4. The Labute approximate surface area is 365 Å². The summed E-state index contributed by atoms with van der Waals surface area (Å²) < 4.78 is 53.3. The van der Waals surface area contributed by atoms with Crippen LogP contribution in [0.1, 0.15) is 130 Å². The summed E-state index contributed by atoms with van der Waals surface area (Å²) in [6.45, 7) is 25.1. The number of aliphatic hydroxyl groups is 2. The highest BCUT2D eigenvalue weighted by atomic mass is 16.7. The van der Waals surface area contributed by atoms with Gasteiger partial charge in [0.25, 0.3) is 0 Å². The van der Waals surface area contributed by atoms with Crippen LogP contribution in [0.25, 0.3) is 0 Å². The van der Waals surface area contributed by atoms with Gasteiger partial charge in [0.1, 0.15) is 46.8 Å². The van der Waals surface area contributed by atoms with E-state index >= 15 is 0 Å². The molecule has 2 saturated heterocycles. The summed E-state index contributed by atoms with van der Waals surface area (Å²) in [6, 6.07) is -3.02. The van der Waals surface area contributed by atoms with Crippen molar-refractivity contribution in [3.8, 4) is 0 Å². The van der Waals surface area contributed by atoms with Gasteiger partial charge in [-0.3, -0.25) is 4.79 Å². The van der Waals surface area contributed by atoms with Crippen molar-refractivity contribution in [1.29, 1.82) is 0 Å². The van der Waals surface area contributed by atoms with Gasteiger partial charge in [0.15, 0.2) is 18.7 Å². The van der Waals surface area contributed by atoms with Crippen molar-refractivity contribution < 1.29 is 76.8 Å². The van der Waals surface area contributed by atoms with Crippen LogP contribution in [0.3, 0.4) is 0 Å². The highest BCUT2D eigenvalue weighted by Gasteiger charge is 2.53. The lowest BCUT2D eigenvalue weighted by molar-refractivity contribution is -0.318. The van der Waals surface area contributed by atoms with Crippen molar-refractivity contribution in [3.05, 3.63) is 0 Å². The topological polar surface area (TPSA) is 257 Å². The summed E-state index contributed by atoms with van der Waals surface area (Å²) in [5, 5.41) is 34.7. The molecule has 13 atom stereocenters. The van der Waals surface area contributed by atoms with Crippen molar-refractivity contribution in [2.75, 3.05) is 6.54 Å². The molecule has 3 aliphatic rings. The lowest BCUT2D eigenvalue weighted by Gasteiger charge is -2.49. The summed E-state index contributed by atoms with van der Waals surface area (Å²) in [7, 11) is 0. The third-order valence-corrected chi connectivity index (χ3v) is 9.64. The number of hydrogen-bond acceptors (Lipinski definition) is 16. The second-order valence-electron chi connectivity index (χ2n) is 20.2. The molecule has 6 N–H and O–H groups in total. The Morgan fingerprint density at radius 2 is 1.10 bits per heavy atom. The molecular weight excluding hydrogens is 816 g/mol. The van der Waals surface area contributed by atoms with Crippen molar-refractivity contribution in [2.45, 2.75) is 225 Å². The molecule has 1 saturated carbocycles. The minimum absolute atomic E-state index is 0.0169. The predicted molar refractivity (Wildman–Crippen MR) is 222 cm³/mol. The van der Waals surface area contributed by atoms with Crippen LogP contribution >= 0.6 is 0 Å². The van der Waals surface area contributed by atoms with Gasteiger partial charge in [-0.25, -0.2) is 19.2 Å². The van der Waals surface area contributed by atoms with Crippen LogP contribution in [-0.4, -0.2) is 143 Å². The van der Waals surface area contributed by atoms with E-state index in [1.807, 2.05) is 0 Å². The molecule has 4 amide bonds. The third kappa shape index (κ3) is 17.1. The minimum Gasteiger partial charge on any atom is -0.455 e. The van der Waals surface area contributed by atoms with Gasteiger partial charge in [-0.1, -0.05) is 13.8 Å². The predicted octanol–water partition coefficient (Wildman–Crippen LogP) is 4.29. The molecule has 3 fully saturated rings. The zero-order valence-electron chi connectivity index (χ0n) is 39.2. The Kier molecular flexibility index (Phi) is 18.1. The second-order valence-corrected chi connectivity index (χ2v) is 20.2. The van der Waals surface area contributed by atoms with Crippen LogP contribution in [0.2, 0.25) is 0 Å². The molecule has 0 radical (unpaired) electrons. The molecule has 20 heteroatoms. The monoisotopic (exact) mass is 891 g/mol. The normalized spacial score (nSPS) is 32.0. The maximum absolute atomic E-state index is 13.3. The maximum atomic E-state index is 13.3. The molecule has 62 heavy (non-hydrogen) atoms. The standard InChI is InChI=1S/C42H74N4O16/c1-16-26-28(48)27(46-38(53)62-42(13,14)15)32(54-22(3)47)34(56-26)57-30-21(2)19-25(45-37(52)61-41(10,11)12)31(29(30)49)58-33-24(44-36(51)60-40(7,8)9)18-17-23(55-33)20-43-35(50)59-39(4,5)6/h21,23-34,48-49H,16-20H2,1-15H3,(H,43,50)(H,44,51)(H,45,52)(H,46,53)/t21-,23?,24?,25+,26?,27+,28+,29?,30-,31?,32?,33+,34+/m1/s1. The van der Waals surface area contributed by atoms with E-state index in [4.69, 9.17) is 42.6 Å². The largest absolute Gasteiger partial charge is 0.455 e. The lowest BCUT2D eigenvalue weighted by atomic mass is 9.80. The molecular formula is C42H74N4O16. The summed E-state index contributed by atoms with van der Waals surface area (Å²) in [6.07, 6.45) is -13.1. The SMILES string of the molecule is CCC1O[C@@H](O[C@H]2C(O)C(O[C@@H]3OC(CNC(=O)OC(C)(C)C)CCC3NC(=O)OC(C)(C)C)[C@@H](NC(=O)OC(C)(C)C)C[C@H]2C)C(OC(C)=O)[C@@H](NC(=O)OC(C)(C)C)[C@H]1O. The number of alkyl carbamates (subject to hydrolysis) is 4. The number of rotatable bonds is 11. The van der Waals surface area contributed by atoms with Crippen LogP contribution < -0.4 is 21.3 Å². The van der Waals surface area contributed by atoms with Crippen LogP contribution in [0.5, 0.6) is 0 Å².